The van der Waals surface area contributed by atoms with Crippen molar-refractivity contribution in [2.24, 2.45) is 0 Å². The van der Waals surface area contributed by atoms with Crippen molar-refractivity contribution in [1.82, 2.24) is 29.6 Å². The molecule has 27 heavy (non-hydrogen) atoms. The minimum absolute atomic E-state index is 0.177. The average Bonchev–Trinajstić information content (AvgIpc) is 3.25. The van der Waals surface area contributed by atoms with Gasteiger partial charge in [-0.2, -0.15) is 5.10 Å². The topological polar surface area (TPSA) is 82.6 Å². The van der Waals surface area contributed by atoms with E-state index in [2.05, 4.69) is 33.9 Å². The van der Waals surface area contributed by atoms with Crippen molar-refractivity contribution in [2.75, 3.05) is 13.1 Å². The van der Waals surface area contributed by atoms with Crippen LogP contribution in [0.3, 0.4) is 0 Å². The summed E-state index contributed by atoms with van der Waals surface area (Å²) in [4.78, 5) is 22.9. The summed E-state index contributed by atoms with van der Waals surface area (Å²) in [6, 6.07) is 9.73. The van der Waals surface area contributed by atoms with E-state index in [0.717, 1.165) is 67.6 Å². The third kappa shape index (κ3) is 3.60. The molecule has 1 aliphatic rings. The van der Waals surface area contributed by atoms with E-state index in [1.807, 2.05) is 30.3 Å². The minimum Gasteiger partial charge on any atom is -0.346 e. The summed E-state index contributed by atoms with van der Waals surface area (Å²) >= 11 is 0. The summed E-state index contributed by atoms with van der Waals surface area (Å²) in [6.45, 7) is 6.96. The summed E-state index contributed by atoms with van der Waals surface area (Å²) in [6.07, 6.45) is 3.04. The Labute approximate surface area is 158 Å². The van der Waals surface area contributed by atoms with Crippen LogP contribution in [0.4, 0.5) is 0 Å². The molecule has 7 heteroatoms. The normalized spacial score (nSPS) is 18.1. The third-order valence-electron chi connectivity index (χ3n) is 5.33. The molecule has 3 heterocycles. The Morgan fingerprint density at radius 2 is 2.07 bits per heavy atom. The quantitative estimate of drug-likeness (QED) is 0.727. The molecule has 1 saturated heterocycles. The number of imidazole rings is 1. The van der Waals surface area contributed by atoms with Gasteiger partial charge >= 0.3 is 5.69 Å². The number of aromatic amines is 2. The van der Waals surface area contributed by atoms with Gasteiger partial charge in [0.05, 0.1) is 11.4 Å². The maximum Gasteiger partial charge on any atom is 0.347 e. The number of aryl methyl sites for hydroxylation is 2. The van der Waals surface area contributed by atoms with Crippen LogP contribution in [0.5, 0.6) is 0 Å². The van der Waals surface area contributed by atoms with E-state index in [1.54, 1.807) is 4.57 Å². The van der Waals surface area contributed by atoms with Crippen LogP contribution >= 0.6 is 0 Å². The predicted molar refractivity (Wildman–Crippen MR) is 104 cm³/mol. The van der Waals surface area contributed by atoms with Crippen molar-refractivity contribution in [3.8, 4) is 5.69 Å². The fraction of sp³-hybridized carbons (Fsp3) is 0.450. The Hall–Kier alpha value is -2.67. The number of hydrogen-bond donors (Lipinski definition) is 2. The monoisotopic (exact) mass is 366 g/mol. The number of nitrogens with zero attached hydrogens (tertiary/aromatic N) is 4. The number of nitrogens with one attached hydrogen (secondary N) is 2. The van der Waals surface area contributed by atoms with Gasteiger partial charge in [-0.1, -0.05) is 25.1 Å². The second-order valence-corrected chi connectivity index (χ2v) is 7.24. The summed E-state index contributed by atoms with van der Waals surface area (Å²) in [5.74, 6) is 2.09. The fourth-order valence-electron chi connectivity index (χ4n) is 3.92. The van der Waals surface area contributed by atoms with E-state index in [9.17, 15) is 4.79 Å². The van der Waals surface area contributed by atoms with Crippen molar-refractivity contribution in [1.29, 1.82) is 0 Å². The van der Waals surface area contributed by atoms with Crippen molar-refractivity contribution in [3.63, 3.8) is 0 Å². The molecule has 1 atom stereocenters. The highest BCUT2D eigenvalue weighted by molar-refractivity contribution is 5.32. The molecule has 2 N–H and O–H groups in total. The molecule has 0 aliphatic carbocycles. The van der Waals surface area contributed by atoms with Gasteiger partial charge < -0.3 is 4.98 Å². The van der Waals surface area contributed by atoms with Crippen LogP contribution in [-0.2, 0) is 13.0 Å². The predicted octanol–water partition coefficient (Wildman–Crippen LogP) is 2.53. The summed E-state index contributed by atoms with van der Waals surface area (Å²) in [7, 11) is 0. The molecule has 0 radical (unpaired) electrons. The lowest BCUT2D eigenvalue weighted by molar-refractivity contribution is 0.193. The Balaban J connectivity index is 1.56. The van der Waals surface area contributed by atoms with Crippen molar-refractivity contribution in [3.05, 3.63) is 63.9 Å². The van der Waals surface area contributed by atoms with Gasteiger partial charge in [0.1, 0.15) is 11.6 Å². The van der Waals surface area contributed by atoms with E-state index in [-0.39, 0.29) is 11.6 Å². The molecule has 2 aromatic heterocycles. The highest BCUT2D eigenvalue weighted by Gasteiger charge is 2.27. The van der Waals surface area contributed by atoms with Gasteiger partial charge in [-0.25, -0.2) is 19.4 Å². The number of aromatic nitrogens is 5. The van der Waals surface area contributed by atoms with Crippen molar-refractivity contribution < 1.29 is 0 Å². The Morgan fingerprint density at radius 3 is 2.81 bits per heavy atom. The summed E-state index contributed by atoms with van der Waals surface area (Å²) < 4.78 is 1.71. The Bertz CT molecular complexity index is 955. The van der Waals surface area contributed by atoms with Crippen LogP contribution in [0, 0.1) is 6.92 Å². The summed E-state index contributed by atoms with van der Waals surface area (Å²) in [5.41, 5.74) is 2.95. The van der Waals surface area contributed by atoms with Crippen molar-refractivity contribution >= 4 is 0 Å². The number of benzene rings is 1. The molecule has 1 aliphatic heterocycles. The largest absolute Gasteiger partial charge is 0.347 e. The first-order valence-corrected chi connectivity index (χ1v) is 9.65. The van der Waals surface area contributed by atoms with Crippen LogP contribution in [0.15, 0.2) is 35.1 Å². The van der Waals surface area contributed by atoms with Gasteiger partial charge in [0.15, 0.2) is 0 Å². The van der Waals surface area contributed by atoms with Gasteiger partial charge in [-0.15, -0.1) is 0 Å². The lowest BCUT2D eigenvalue weighted by Crippen LogP contribution is -2.35. The van der Waals surface area contributed by atoms with Crippen LogP contribution < -0.4 is 5.69 Å². The van der Waals surface area contributed by atoms with E-state index in [0.29, 0.717) is 0 Å². The van der Waals surface area contributed by atoms with E-state index < -0.39 is 0 Å². The number of para-hydroxylation sites is 1. The number of hydrogen-bond acceptors (Lipinski definition) is 4. The lowest BCUT2D eigenvalue weighted by Gasteiger charge is -2.31. The number of likely N-dealkylation sites (tertiary alicyclic amines) is 1. The highest BCUT2D eigenvalue weighted by Crippen LogP contribution is 2.27. The first-order chi connectivity index (χ1) is 13.2. The molecule has 0 bridgehead atoms. The molecule has 1 aromatic carbocycles. The van der Waals surface area contributed by atoms with E-state index in [1.165, 1.54) is 0 Å². The number of rotatable bonds is 5. The van der Waals surface area contributed by atoms with Crippen LogP contribution in [0.2, 0.25) is 0 Å². The molecule has 4 rings (SSSR count). The molecular formula is C20H26N6O. The molecule has 3 aromatic rings. The minimum atomic E-state index is -0.177. The summed E-state index contributed by atoms with van der Waals surface area (Å²) in [5, 5.41) is 7.01. The van der Waals surface area contributed by atoms with E-state index >= 15 is 0 Å². The molecular weight excluding hydrogens is 340 g/mol. The van der Waals surface area contributed by atoms with E-state index in [4.69, 9.17) is 4.98 Å². The van der Waals surface area contributed by atoms with Crippen molar-refractivity contribution in [2.45, 2.75) is 45.6 Å². The molecule has 0 unspecified atom stereocenters. The van der Waals surface area contributed by atoms with Crippen LogP contribution in [-0.4, -0.2) is 42.7 Å². The zero-order chi connectivity index (χ0) is 18.8. The van der Waals surface area contributed by atoms with Crippen LogP contribution in [0.25, 0.3) is 5.69 Å². The fourth-order valence-corrected chi connectivity index (χ4v) is 3.92. The van der Waals surface area contributed by atoms with Gasteiger partial charge in [-0.3, -0.25) is 4.90 Å². The molecule has 7 nitrogen and oxygen atoms in total. The number of piperidine rings is 1. The highest BCUT2D eigenvalue weighted by atomic mass is 16.1. The second-order valence-electron chi connectivity index (χ2n) is 7.24. The lowest BCUT2D eigenvalue weighted by atomic mass is 9.96. The smallest absolute Gasteiger partial charge is 0.346 e. The molecule has 0 saturated carbocycles. The maximum atomic E-state index is 12.4. The molecule has 0 amide bonds. The molecule has 0 spiro atoms. The number of H-pyrrole nitrogens is 2. The SMILES string of the molecule is CCc1nc(CN2CCC[C@H](c3n[nH]c(=O)n3-c3ccccc3)C2)c(C)[nH]1. The third-order valence-corrected chi connectivity index (χ3v) is 5.33. The Morgan fingerprint density at radius 1 is 1.26 bits per heavy atom. The average molecular weight is 366 g/mol. The molecule has 1 fully saturated rings. The standard InChI is InChI=1S/C20H26N6O/c1-3-18-21-14(2)17(22-18)13-25-11-7-8-15(12-25)19-23-24-20(27)26(19)16-9-5-4-6-10-16/h4-6,9-10,15H,3,7-8,11-13H2,1-2H3,(H,21,22)(H,24,27)/t15-/m0/s1. The second kappa shape index (κ2) is 7.52. The zero-order valence-corrected chi connectivity index (χ0v) is 15.9. The van der Waals surface area contributed by atoms with Gasteiger partial charge in [0, 0.05) is 31.1 Å². The zero-order valence-electron chi connectivity index (χ0n) is 15.9. The van der Waals surface area contributed by atoms with Gasteiger partial charge in [-0.05, 0) is 38.4 Å². The Kier molecular flexibility index (Phi) is 4.94. The first-order valence-electron chi connectivity index (χ1n) is 9.65. The van der Waals surface area contributed by atoms with Crippen LogP contribution in [0.1, 0.15) is 48.7 Å². The maximum absolute atomic E-state index is 12.4. The van der Waals surface area contributed by atoms with Gasteiger partial charge in [0.2, 0.25) is 0 Å². The first kappa shape index (κ1) is 17.7. The van der Waals surface area contributed by atoms with Gasteiger partial charge in [0.25, 0.3) is 0 Å². The molecule has 142 valence electrons.